The van der Waals surface area contributed by atoms with Gasteiger partial charge in [-0.25, -0.2) is 9.59 Å². The molecule has 4 rings (SSSR count). The number of rotatable bonds is 7. The maximum atomic E-state index is 12.1. The minimum Gasteiger partial charge on any atom is -0.478 e. The van der Waals surface area contributed by atoms with Gasteiger partial charge in [0.25, 0.3) is 0 Å². The van der Waals surface area contributed by atoms with Gasteiger partial charge in [0.1, 0.15) is 5.00 Å². The summed E-state index contributed by atoms with van der Waals surface area (Å²) in [5, 5.41) is 21.4. The number of benzene rings is 1. The lowest BCUT2D eigenvalue weighted by molar-refractivity contribution is -0.147. The highest BCUT2D eigenvalue weighted by atomic mass is 32.1. The lowest BCUT2D eigenvalue weighted by Gasteiger charge is -2.44. The van der Waals surface area contributed by atoms with Crippen LogP contribution in [0, 0.1) is 5.92 Å². The molecule has 170 valence electrons. The third-order valence-electron chi connectivity index (χ3n) is 6.61. The number of thiophene rings is 1. The molecule has 0 spiro atoms. The number of aromatic carboxylic acids is 1. The molecule has 32 heavy (non-hydrogen) atoms. The van der Waals surface area contributed by atoms with E-state index in [1.165, 1.54) is 16.9 Å². The predicted molar refractivity (Wildman–Crippen MR) is 122 cm³/mol. The molecule has 1 saturated heterocycles. The molecule has 0 aliphatic carbocycles. The van der Waals surface area contributed by atoms with Gasteiger partial charge in [-0.05, 0) is 61.6 Å². The first-order valence-corrected chi connectivity index (χ1v) is 11.9. The van der Waals surface area contributed by atoms with Crippen molar-refractivity contribution in [2.75, 3.05) is 18.4 Å². The fraction of sp³-hybridized carbons (Fsp3) is 0.458. The van der Waals surface area contributed by atoms with Crippen molar-refractivity contribution in [1.82, 2.24) is 4.90 Å². The fourth-order valence-electron chi connectivity index (χ4n) is 5.08. The molecule has 1 aromatic heterocycles. The van der Waals surface area contributed by atoms with E-state index in [0.717, 1.165) is 55.6 Å². The van der Waals surface area contributed by atoms with Crippen LogP contribution in [0.3, 0.4) is 0 Å². The Morgan fingerprint density at radius 1 is 1.22 bits per heavy atom. The lowest BCUT2D eigenvalue weighted by Crippen LogP contribution is -2.42. The minimum atomic E-state index is -1.62. The van der Waals surface area contributed by atoms with E-state index in [2.05, 4.69) is 29.3 Å². The number of carboxylic acids is 2. The van der Waals surface area contributed by atoms with Crippen molar-refractivity contribution in [2.24, 2.45) is 5.92 Å². The monoisotopic (exact) mass is 456 g/mol. The number of hydrogen-bond acceptors (Lipinski definition) is 5. The van der Waals surface area contributed by atoms with Crippen LogP contribution in [0.2, 0.25) is 0 Å². The Morgan fingerprint density at radius 3 is 2.66 bits per heavy atom. The van der Waals surface area contributed by atoms with E-state index in [1.54, 1.807) is 0 Å². The minimum absolute atomic E-state index is 0.0769. The molecular weight excluding hydrogens is 428 g/mol. The molecule has 1 amide bonds. The number of anilines is 1. The van der Waals surface area contributed by atoms with Gasteiger partial charge in [0.2, 0.25) is 0 Å². The zero-order valence-corrected chi connectivity index (χ0v) is 18.9. The van der Waals surface area contributed by atoms with Crippen LogP contribution >= 0.6 is 11.3 Å². The number of carbonyl (C=O) groups is 3. The average Bonchev–Trinajstić information content (AvgIpc) is 3.15. The number of piperidine rings is 1. The number of fused-ring (bicyclic) bond motifs is 4. The van der Waals surface area contributed by atoms with Crippen molar-refractivity contribution in [3.8, 4) is 0 Å². The predicted octanol–water partition coefficient (Wildman–Crippen LogP) is 4.36. The van der Waals surface area contributed by atoms with Crippen LogP contribution in [0.15, 0.2) is 30.3 Å². The maximum absolute atomic E-state index is 12.1. The smallest absolute Gasteiger partial charge is 0.394 e. The van der Waals surface area contributed by atoms with Gasteiger partial charge in [0, 0.05) is 17.5 Å². The summed E-state index contributed by atoms with van der Waals surface area (Å²) in [4.78, 5) is 38.4. The number of carboxylic acid groups (broad SMARTS) is 2. The second kappa shape index (κ2) is 9.42. The summed E-state index contributed by atoms with van der Waals surface area (Å²) < 4.78 is 0. The number of aliphatic carboxylic acids is 1. The highest BCUT2D eigenvalue weighted by Gasteiger charge is 2.42. The second-order valence-corrected chi connectivity index (χ2v) is 9.92. The molecule has 7 nitrogen and oxygen atoms in total. The first-order valence-electron chi connectivity index (χ1n) is 11.1. The molecule has 0 saturated carbocycles. The van der Waals surface area contributed by atoms with E-state index in [1.807, 2.05) is 18.2 Å². The number of amides is 1. The van der Waals surface area contributed by atoms with E-state index in [4.69, 9.17) is 5.11 Å². The Morgan fingerprint density at radius 2 is 1.97 bits per heavy atom. The van der Waals surface area contributed by atoms with Crippen LogP contribution in [0.5, 0.6) is 0 Å². The van der Waals surface area contributed by atoms with Gasteiger partial charge in [-0.3, -0.25) is 9.69 Å². The molecule has 2 aliphatic heterocycles. The zero-order valence-electron chi connectivity index (χ0n) is 18.0. The van der Waals surface area contributed by atoms with Crippen molar-refractivity contribution >= 4 is 34.2 Å². The van der Waals surface area contributed by atoms with Crippen molar-refractivity contribution in [3.63, 3.8) is 0 Å². The SMILES string of the molecule is CC(CCc1ccccc1)CC1c2sc(NC(=O)C(=O)O)c(C(=O)O)c2C2CCCN1C2. The van der Waals surface area contributed by atoms with Gasteiger partial charge in [-0.2, -0.15) is 0 Å². The molecule has 2 aliphatic rings. The summed E-state index contributed by atoms with van der Waals surface area (Å²) >= 11 is 1.24. The largest absolute Gasteiger partial charge is 0.478 e. The lowest BCUT2D eigenvalue weighted by atomic mass is 9.80. The quantitative estimate of drug-likeness (QED) is 0.535. The molecule has 3 heterocycles. The van der Waals surface area contributed by atoms with Crippen LogP contribution in [0.4, 0.5) is 5.00 Å². The van der Waals surface area contributed by atoms with Crippen LogP contribution in [-0.2, 0) is 16.0 Å². The number of nitrogens with zero attached hydrogens (tertiary/aromatic N) is 1. The van der Waals surface area contributed by atoms with Gasteiger partial charge in [-0.1, -0.05) is 37.3 Å². The first-order chi connectivity index (χ1) is 15.3. The summed E-state index contributed by atoms with van der Waals surface area (Å²) in [5.41, 5.74) is 2.19. The molecule has 1 fully saturated rings. The van der Waals surface area contributed by atoms with Gasteiger partial charge in [-0.15, -0.1) is 11.3 Å². The Kier molecular flexibility index (Phi) is 6.62. The molecule has 1 aromatic carbocycles. The van der Waals surface area contributed by atoms with Gasteiger partial charge >= 0.3 is 17.8 Å². The summed E-state index contributed by atoms with van der Waals surface area (Å²) in [7, 11) is 0. The molecule has 0 radical (unpaired) electrons. The molecule has 3 N–H and O–H groups in total. The Balaban J connectivity index is 1.61. The van der Waals surface area contributed by atoms with E-state index < -0.39 is 17.8 Å². The molecule has 4 unspecified atom stereocenters. The summed E-state index contributed by atoms with van der Waals surface area (Å²) in [6.07, 6.45) is 4.84. The summed E-state index contributed by atoms with van der Waals surface area (Å²) in [6.45, 7) is 4.02. The molecule has 8 heteroatoms. The second-order valence-electron chi connectivity index (χ2n) is 8.86. The van der Waals surface area contributed by atoms with Gasteiger partial charge < -0.3 is 15.5 Å². The average molecular weight is 457 g/mol. The fourth-order valence-corrected chi connectivity index (χ4v) is 6.50. The van der Waals surface area contributed by atoms with Crippen molar-refractivity contribution in [2.45, 2.75) is 51.0 Å². The Hall–Kier alpha value is -2.71. The molecular formula is C24H28N2O5S. The van der Waals surface area contributed by atoms with Crippen LogP contribution in [0.25, 0.3) is 0 Å². The molecule has 4 atom stereocenters. The third-order valence-corrected chi connectivity index (χ3v) is 7.83. The molecule has 2 aromatic rings. The molecule has 2 bridgehead atoms. The van der Waals surface area contributed by atoms with E-state index >= 15 is 0 Å². The standard InChI is InChI=1S/C24H28N2O5S/c1-14(9-10-15-6-3-2-4-7-15)12-17-20-18(16-8-5-11-26(17)13-16)19(23(28)29)22(32-20)25-21(27)24(30)31/h2-4,6-7,14,16-17H,5,8-13H2,1H3,(H,25,27)(H,28,29)(H,30,31). The maximum Gasteiger partial charge on any atom is 0.394 e. The number of carbonyl (C=O) groups excluding carboxylic acids is 1. The Labute approximate surface area is 191 Å². The van der Waals surface area contributed by atoms with Crippen molar-refractivity contribution in [3.05, 3.63) is 51.9 Å². The van der Waals surface area contributed by atoms with E-state index in [-0.39, 0.29) is 22.5 Å². The van der Waals surface area contributed by atoms with Crippen LogP contribution in [-0.4, -0.2) is 46.0 Å². The van der Waals surface area contributed by atoms with E-state index in [9.17, 15) is 19.5 Å². The van der Waals surface area contributed by atoms with Crippen molar-refractivity contribution in [1.29, 1.82) is 0 Å². The highest BCUT2D eigenvalue weighted by molar-refractivity contribution is 7.17. The first kappa shape index (κ1) is 22.5. The topological polar surface area (TPSA) is 107 Å². The number of aryl methyl sites for hydroxylation is 1. The van der Waals surface area contributed by atoms with Crippen LogP contribution in [0.1, 0.15) is 70.9 Å². The highest BCUT2D eigenvalue weighted by Crippen LogP contribution is 2.51. The summed E-state index contributed by atoms with van der Waals surface area (Å²) in [6, 6.07) is 10.5. The summed E-state index contributed by atoms with van der Waals surface area (Å²) in [5.74, 6) is -3.41. The number of nitrogens with one attached hydrogen (secondary N) is 1. The third kappa shape index (κ3) is 4.56. The van der Waals surface area contributed by atoms with Crippen LogP contribution < -0.4 is 5.32 Å². The van der Waals surface area contributed by atoms with Gasteiger partial charge in [0.05, 0.1) is 5.56 Å². The van der Waals surface area contributed by atoms with E-state index in [0.29, 0.717) is 5.92 Å². The zero-order chi connectivity index (χ0) is 22.8. The normalized spacial score (nSPS) is 22.6. The number of hydrogen-bond donors (Lipinski definition) is 3. The van der Waals surface area contributed by atoms with Crippen molar-refractivity contribution < 1.29 is 24.6 Å². The Bertz CT molecular complexity index is 1020. The van der Waals surface area contributed by atoms with Gasteiger partial charge in [0.15, 0.2) is 0 Å².